The lowest BCUT2D eigenvalue weighted by Crippen LogP contribution is -2.37. The summed E-state index contributed by atoms with van der Waals surface area (Å²) in [6.07, 6.45) is 0.905. The van der Waals surface area contributed by atoms with Crippen molar-refractivity contribution in [3.05, 3.63) is 82.9 Å². The average molecular weight is 325 g/mol. The van der Waals surface area contributed by atoms with Crippen LogP contribution in [0, 0.1) is 0 Å². The maximum absolute atomic E-state index is 6.22. The Bertz CT molecular complexity index is 780. The second-order valence-electron chi connectivity index (χ2n) is 5.75. The summed E-state index contributed by atoms with van der Waals surface area (Å²) in [5.41, 5.74) is 8.40. The van der Waals surface area contributed by atoms with Crippen molar-refractivity contribution in [2.45, 2.75) is 19.0 Å². The largest absolute Gasteiger partial charge is 0.329 e. The van der Waals surface area contributed by atoms with Gasteiger partial charge in [0, 0.05) is 24.2 Å². The summed E-state index contributed by atoms with van der Waals surface area (Å²) >= 11 is 6.22. The number of benzene rings is 3. The third-order valence-electron chi connectivity index (χ3n) is 4.17. The number of fused-ring (bicyclic) bond motifs is 1. The zero-order valence-electron chi connectivity index (χ0n) is 13.0. The third-order valence-corrected chi connectivity index (χ3v) is 4.54. The first-order valence-electron chi connectivity index (χ1n) is 7.91. The molecule has 0 fully saturated rings. The van der Waals surface area contributed by atoms with Gasteiger partial charge in [-0.05, 0) is 34.4 Å². The molecule has 2 nitrogen and oxygen atoms in total. The molecule has 0 saturated carbocycles. The number of hydrogen-bond donors (Lipinski definition) is 2. The van der Waals surface area contributed by atoms with E-state index < -0.39 is 0 Å². The highest BCUT2D eigenvalue weighted by Gasteiger charge is 2.10. The zero-order chi connectivity index (χ0) is 16.1. The van der Waals surface area contributed by atoms with E-state index in [1.165, 1.54) is 16.3 Å². The molecule has 1 atom stereocenters. The van der Waals surface area contributed by atoms with Crippen molar-refractivity contribution in [1.82, 2.24) is 5.32 Å². The van der Waals surface area contributed by atoms with Crippen molar-refractivity contribution < 1.29 is 0 Å². The predicted molar refractivity (Wildman–Crippen MR) is 98.8 cm³/mol. The summed E-state index contributed by atoms with van der Waals surface area (Å²) in [4.78, 5) is 0. The maximum atomic E-state index is 6.22. The zero-order valence-corrected chi connectivity index (χ0v) is 13.8. The number of halogens is 1. The van der Waals surface area contributed by atoms with Gasteiger partial charge in [-0.25, -0.2) is 0 Å². The molecule has 118 valence electrons. The van der Waals surface area contributed by atoms with Gasteiger partial charge in [0.1, 0.15) is 0 Å². The van der Waals surface area contributed by atoms with Gasteiger partial charge >= 0.3 is 0 Å². The van der Waals surface area contributed by atoms with Crippen LogP contribution in [0.15, 0.2) is 66.7 Å². The molecule has 0 bridgehead atoms. The fourth-order valence-corrected chi connectivity index (χ4v) is 3.07. The molecule has 3 rings (SSSR count). The molecule has 0 spiro atoms. The highest BCUT2D eigenvalue weighted by Crippen LogP contribution is 2.20. The summed E-state index contributed by atoms with van der Waals surface area (Å²) < 4.78 is 0. The molecule has 3 heteroatoms. The van der Waals surface area contributed by atoms with Crippen LogP contribution < -0.4 is 11.1 Å². The van der Waals surface area contributed by atoms with Gasteiger partial charge in [0.25, 0.3) is 0 Å². The van der Waals surface area contributed by atoms with Crippen molar-refractivity contribution in [3.63, 3.8) is 0 Å². The van der Waals surface area contributed by atoms with Gasteiger partial charge in [0.15, 0.2) is 0 Å². The molecule has 23 heavy (non-hydrogen) atoms. The Morgan fingerprint density at radius 1 is 0.870 bits per heavy atom. The molecular formula is C20H21ClN2. The van der Waals surface area contributed by atoms with Gasteiger partial charge in [0.05, 0.1) is 0 Å². The van der Waals surface area contributed by atoms with E-state index in [2.05, 4.69) is 47.8 Å². The van der Waals surface area contributed by atoms with Gasteiger partial charge in [-0.1, -0.05) is 72.3 Å². The number of rotatable bonds is 6. The smallest absolute Gasteiger partial charge is 0.0450 e. The fraction of sp³-hybridized carbons (Fsp3) is 0.200. The quantitative estimate of drug-likeness (QED) is 0.714. The summed E-state index contributed by atoms with van der Waals surface area (Å²) in [7, 11) is 0. The summed E-state index contributed by atoms with van der Waals surface area (Å²) in [5.74, 6) is 0. The highest BCUT2D eigenvalue weighted by molar-refractivity contribution is 6.31. The molecule has 0 aliphatic rings. The van der Waals surface area contributed by atoms with Crippen molar-refractivity contribution >= 4 is 22.4 Å². The van der Waals surface area contributed by atoms with E-state index in [0.29, 0.717) is 6.54 Å². The first-order chi connectivity index (χ1) is 11.3. The van der Waals surface area contributed by atoms with E-state index in [9.17, 15) is 0 Å². The SMILES string of the molecule is NCC(Cc1cccc2ccccc12)NCc1ccccc1Cl. The first-order valence-corrected chi connectivity index (χ1v) is 8.29. The Kier molecular flexibility index (Phi) is 5.29. The van der Waals surface area contributed by atoms with Gasteiger partial charge in [0.2, 0.25) is 0 Å². The van der Waals surface area contributed by atoms with E-state index in [0.717, 1.165) is 23.6 Å². The highest BCUT2D eigenvalue weighted by atomic mass is 35.5. The number of nitrogens with two attached hydrogens (primary N) is 1. The van der Waals surface area contributed by atoms with Gasteiger partial charge in [-0.3, -0.25) is 0 Å². The lowest BCUT2D eigenvalue weighted by Gasteiger charge is -2.18. The van der Waals surface area contributed by atoms with E-state index in [-0.39, 0.29) is 6.04 Å². The molecule has 0 saturated heterocycles. The molecule has 3 aromatic carbocycles. The maximum Gasteiger partial charge on any atom is 0.0450 e. The molecule has 0 aromatic heterocycles. The number of hydrogen-bond acceptors (Lipinski definition) is 2. The third kappa shape index (κ3) is 3.91. The lowest BCUT2D eigenvalue weighted by molar-refractivity contribution is 0.517. The topological polar surface area (TPSA) is 38.0 Å². The fourth-order valence-electron chi connectivity index (χ4n) is 2.87. The van der Waals surface area contributed by atoms with Crippen LogP contribution in [0.4, 0.5) is 0 Å². The van der Waals surface area contributed by atoms with Crippen LogP contribution >= 0.6 is 11.6 Å². The molecule has 0 amide bonds. The van der Waals surface area contributed by atoms with Crippen LogP contribution in [0.5, 0.6) is 0 Å². The van der Waals surface area contributed by atoms with Gasteiger partial charge in [-0.2, -0.15) is 0 Å². The molecule has 0 aliphatic heterocycles. The second-order valence-corrected chi connectivity index (χ2v) is 6.15. The van der Waals surface area contributed by atoms with Crippen LogP contribution in [0.3, 0.4) is 0 Å². The van der Waals surface area contributed by atoms with Crippen LogP contribution in [-0.4, -0.2) is 12.6 Å². The van der Waals surface area contributed by atoms with E-state index in [1.807, 2.05) is 24.3 Å². The summed E-state index contributed by atoms with van der Waals surface area (Å²) in [6, 6.07) is 23.0. The normalized spacial score (nSPS) is 12.4. The minimum absolute atomic E-state index is 0.220. The van der Waals surface area contributed by atoms with Crippen molar-refractivity contribution in [3.8, 4) is 0 Å². The number of nitrogens with one attached hydrogen (secondary N) is 1. The van der Waals surface area contributed by atoms with Crippen molar-refractivity contribution in [1.29, 1.82) is 0 Å². The Morgan fingerprint density at radius 3 is 2.39 bits per heavy atom. The molecule has 0 radical (unpaired) electrons. The lowest BCUT2D eigenvalue weighted by atomic mass is 9.98. The Hall–Kier alpha value is -1.87. The van der Waals surface area contributed by atoms with E-state index >= 15 is 0 Å². The van der Waals surface area contributed by atoms with Crippen molar-refractivity contribution in [2.75, 3.05) is 6.54 Å². The average Bonchev–Trinajstić information content (AvgIpc) is 2.60. The van der Waals surface area contributed by atoms with Crippen LogP contribution in [0.25, 0.3) is 10.8 Å². The second kappa shape index (κ2) is 7.60. The standard InChI is InChI=1S/C20H21ClN2/c21-20-11-4-2-7-17(20)14-23-18(13-22)12-16-9-5-8-15-6-1-3-10-19(15)16/h1-11,18,23H,12-14,22H2. The molecule has 1 unspecified atom stereocenters. The molecular weight excluding hydrogens is 304 g/mol. The minimum Gasteiger partial charge on any atom is -0.329 e. The van der Waals surface area contributed by atoms with Crippen molar-refractivity contribution in [2.24, 2.45) is 5.73 Å². The van der Waals surface area contributed by atoms with Crippen LogP contribution in [0.2, 0.25) is 5.02 Å². The summed E-state index contributed by atoms with van der Waals surface area (Å²) in [5, 5.41) is 6.89. The van der Waals surface area contributed by atoms with E-state index in [4.69, 9.17) is 17.3 Å². The first kappa shape index (κ1) is 16.0. The van der Waals surface area contributed by atoms with Gasteiger partial charge in [-0.15, -0.1) is 0 Å². The Morgan fingerprint density at radius 2 is 1.57 bits per heavy atom. The molecule has 3 aromatic rings. The summed E-state index contributed by atoms with van der Waals surface area (Å²) in [6.45, 7) is 1.32. The minimum atomic E-state index is 0.220. The van der Waals surface area contributed by atoms with Crippen LogP contribution in [-0.2, 0) is 13.0 Å². The molecule has 0 aliphatic carbocycles. The monoisotopic (exact) mass is 324 g/mol. The Labute approximate surface area is 142 Å². The predicted octanol–water partition coefficient (Wildman–Crippen LogP) is 4.15. The molecule has 3 N–H and O–H groups in total. The van der Waals surface area contributed by atoms with Gasteiger partial charge < -0.3 is 11.1 Å². The Balaban J connectivity index is 1.73. The van der Waals surface area contributed by atoms with Crippen LogP contribution in [0.1, 0.15) is 11.1 Å². The molecule has 0 heterocycles. The van der Waals surface area contributed by atoms with E-state index in [1.54, 1.807) is 0 Å².